The number of nitro groups is 1. The van der Waals surface area contributed by atoms with Crippen molar-refractivity contribution in [1.82, 2.24) is 4.57 Å². The maximum absolute atomic E-state index is 12.2. The van der Waals surface area contributed by atoms with Crippen LogP contribution in [0.4, 0.5) is 11.4 Å². The Hall–Kier alpha value is -3.81. The van der Waals surface area contributed by atoms with E-state index in [0.29, 0.717) is 11.9 Å². The summed E-state index contributed by atoms with van der Waals surface area (Å²) in [5, 5.41) is 29.3. The minimum absolute atomic E-state index is 0.0391. The minimum Gasteiger partial charge on any atom is -0.493 e. The van der Waals surface area contributed by atoms with Crippen molar-refractivity contribution < 1.29 is 14.8 Å². The van der Waals surface area contributed by atoms with Crippen LogP contribution in [0.15, 0.2) is 71.4 Å². The number of amides is 1. The van der Waals surface area contributed by atoms with E-state index >= 15 is 0 Å². The molecule has 3 aromatic rings. The van der Waals surface area contributed by atoms with Gasteiger partial charge < -0.3 is 9.67 Å². The number of hydrogen-bond donors (Lipinski definition) is 1. The van der Waals surface area contributed by atoms with Gasteiger partial charge in [-0.3, -0.25) is 14.9 Å². The third-order valence-corrected chi connectivity index (χ3v) is 3.77. The molecule has 0 aliphatic rings. The number of azo groups is 1. The van der Waals surface area contributed by atoms with Gasteiger partial charge in [-0.05, 0) is 12.1 Å². The van der Waals surface area contributed by atoms with Crippen molar-refractivity contribution in [3.63, 3.8) is 0 Å². The highest BCUT2D eigenvalue weighted by molar-refractivity contribution is 5.97. The predicted molar refractivity (Wildman–Crippen MR) is 95.7 cm³/mol. The number of carbonyl (C=O) groups excluding carboxylic acids is 1. The quantitative estimate of drug-likeness (QED) is 0.319. The van der Waals surface area contributed by atoms with Crippen molar-refractivity contribution in [3.05, 3.63) is 76.9 Å². The molecule has 1 heterocycles. The molecular weight excluding hydrogens is 336 g/mol. The van der Waals surface area contributed by atoms with E-state index in [4.69, 9.17) is 0 Å². The van der Waals surface area contributed by atoms with Gasteiger partial charge in [0.05, 0.1) is 16.0 Å². The van der Waals surface area contributed by atoms with Gasteiger partial charge in [-0.15, -0.1) is 16.8 Å². The molecule has 0 unspecified atom stereocenters. The van der Waals surface area contributed by atoms with Gasteiger partial charge in [0.25, 0.3) is 11.6 Å². The first-order chi connectivity index (χ1) is 12.5. The van der Waals surface area contributed by atoms with E-state index < -0.39 is 10.8 Å². The Kier molecular flexibility index (Phi) is 4.57. The molecule has 0 aliphatic heterocycles. The molecule has 0 aliphatic carbocycles. The molecule has 0 bridgehead atoms. The average Bonchev–Trinajstić information content (AvgIpc) is 2.92. The van der Waals surface area contributed by atoms with Crippen molar-refractivity contribution in [3.8, 4) is 5.88 Å². The monoisotopic (exact) mass is 350 g/mol. The van der Waals surface area contributed by atoms with Gasteiger partial charge in [0, 0.05) is 24.1 Å². The second-order valence-electron chi connectivity index (χ2n) is 5.40. The van der Waals surface area contributed by atoms with E-state index in [1.54, 1.807) is 28.8 Å². The molecule has 130 valence electrons. The molecule has 0 fully saturated rings. The second kappa shape index (κ2) is 6.98. The van der Waals surface area contributed by atoms with E-state index in [2.05, 4.69) is 16.8 Å². The summed E-state index contributed by atoms with van der Waals surface area (Å²) in [4.78, 5) is 22.4. The smallest absolute Gasteiger partial charge is 0.295 e. The van der Waals surface area contributed by atoms with Gasteiger partial charge in [-0.2, -0.15) is 0 Å². The molecular formula is C18H14N4O4. The number of carbonyl (C=O) groups is 1. The summed E-state index contributed by atoms with van der Waals surface area (Å²) in [7, 11) is 0. The van der Waals surface area contributed by atoms with E-state index in [9.17, 15) is 20.0 Å². The third kappa shape index (κ3) is 3.07. The van der Waals surface area contributed by atoms with Crippen LogP contribution in [0, 0.1) is 10.1 Å². The molecule has 2 aromatic carbocycles. The molecule has 0 spiro atoms. The number of hydrogen-bond acceptors (Lipinski definition) is 5. The van der Waals surface area contributed by atoms with Gasteiger partial charge in [-0.1, -0.05) is 30.3 Å². The maximum Gasteiger partial charge on any atom is 0.295 e. The average molecular weight is 350 g/mol. The molecule has 1 amide bonds. The fraction of sp³-hybridized carbons (Fsp3) is 0.0556. The largest absolute Gasteiger partial charge is 0.493 e. The van der Waals surface area contributed by atoms with Gasteiger partial charge in [-0.25, -0.2) is 0 Å². The number of fused-ring (bicyclic) bond motifs is 1. The van der Waals surface area contributed by atoms with Crippen molar-refractivity contribution >= 4 is 28.2 Å². The summed E-state index contributed by atoms with van der Waals surface area (Å²) < 4.78 is 1.59. The Bertz CT molecular complexity index is 1050. The van der Waals surface area contributed by atoms with E-state index in [-0.39, 0.29) is 22.8 Å². The maximum atomic E-state index is 12.2. The number of allylic oxidation sites excluding steroid dienone is 1. The zero-order chi connectivity index (χ0) is 18.7. The molecule has 0 atom stereocenters. The summed E-state index contributed by atoms with van der Waals surface area (Å²) >= 11 is 0. The van der Waals surface area contributed by atoms with Crippen LogP contribution >= 0.6 is 0 Å². The molecule has 8 nitrogen and oxygen atoms in total. The number of para-hydroxylation sites is 1. The van der Waals surface area contributed by atoms with Crippen LogP contribution in [0.2, 0.25) is 0 Å². The van der Waals surface area contributed by atoms with Crippen molar-refractivity contribution in [1.29, 1.82) is 0 Å². The molecule has 1 N–H and O–H groups in total. The Morgan fingerprint density at radius 2 is 2.04 bits per heavy atom. The number of non-ortho nitro benzene ring substituents is 1. The molecule has 0 saturated carbocycles. The minimum atomic E-state index is -0.742. The predicted octanol–water partition coefficient (Wildman–Crippen LogP) is 4.37. The van der Waals surface area contributed by atoms with Crippen LogP contribution in [-0.2, 0) is 6.54 Å². The summed E-state index contributed by atoms with van der Waals surface area (Å²) in [5.74, 6) is -0.879. The topological polar surface area (TPSA) is 110 Å². The zero-order valence-electron chi connectivity index (χ0n) is 13.6. The van der Waals surface area contributed by atoms with Gasteiger partial charge in [0.15, 0.2) is 5.69 Å². The molecule has 3 rings (SSSR count). The lowest BCUT2D eigenvalue weighted by Crippen LogP contribution is -1.96. The van der Waals surface area contributed by atoms with Crippen LogP contribution in [0.5, 0.6) is 5.88 Å². The van der Waals surface area contributed by atoms with Crippen LogP contribution < -0.4 is 0 Å². The van der Waals surface area contributed by atoms with Crippen LogP contribution in [0.1, 0.15) is 10.4 Å². The van der Waals surface area contributed by atoms with Crippen LogP contribution in [-0.4, -0.2) is 20.5 Å². The lowest BCUT2D eigenvalue weighted by atomic mass is 10.2. The number of aromatic hydroxyl groups is 1. The summed E-state index contributed by atoms with van der Waals surface area (Å²) in [6.45, 7) is 4.02. The van der Waals surface area contributed by atoms with Crippen LogP contribution in [0.3, 0.4) is 0 Å². The standard InChI is InChI=1S/C18H14N4O4/c1-2-10-21-15-9-4-3-8-14(15)16(18(21)24)19-20-17(23)12-6-5-7-13(11-12)22(25)26/h2-9,11,24H,1,10H2. The highest BCUT2D eigenvalue weighted by Gasteiger charge is 2.16. The summed E-state index contributed by atoms with van der Waals surface area (Å²) in [5.41, 5.74) is 0.705. The van der Waals surface area contributed by atoms with E-state index in [1.165, 1.54) is 18.2 Å². The second-order valence-corrected chi connectivity index (χ2v) is 5.40. The fourth-order valence-electron chi connectivity index (χ4n) is 2.59. The first-order valence-corrected chi connectivity index (χ1v) is 7.64. The first kappa shape index (κ1) is 17.0. The SMILES string of the molecule is C=CCn1c(O)c(N=NC(=O)c2cccc([N+](=O)[O-])c2)c2ccccc21. The van der Waals surface area contributed by atoms with Gasteiger partial charge >= 0.3 is 0 Å². The lowest BCUT2D eigenvalue weighted by molar-refractivity contribution is -0.384. The molecule has 1 aromatic heterocycles. The lowest BCUT2D eigenvalue weighted by Gasteiger charge is -2.01. The van der Waals surface area contributed by atoms with Gasteiger partial charge in [0.2, 0.25) is 5.88 Å². The molecule has 0 saturated heterocycles. The van der Waals surface area contributed by atoms with E-state index in [0.717, 1.165) is 11.6 Å². The third-order valence-electron chi connectivity index (χ3n) is 3.77. The zero-order valence-corrected chi connectivity index (χ0v) is 13.6. The number of nitrogens with zero attached hydrogens (tertiary/aromatic N) is 4. The Labute approximate surface area is 147 Å². The number of benzene rings is 2. The number of rotatable bonds is 5. The fourth-order valence-corrected chi connectivity index (χ4v) is 2.59. The van der Waals surface area contributed by atoms with E-state index in [1.807, 2.05) is 6.07 Å². The van der Waals surface area contributed by atoms with Crippen molar-refractivity contribution in [2.45, 2.75) is 6.54 Å². The Balaban J connectivity index is 1.99. The molecule has 0 radical (unpaired) electrons. The molecule has 26 heavy (non-hydrogen) atoms. The van der Waals surface area contributed by atoms with Crippen molar-refractivity contribution in [2.75, 3.05) is 0 Å². The normalized spacial score (nSPS) is 11.1. The van der Waals surface area contributed by atoms with Gasteiger partial charge in [0.1, 0.15) is 0 Å². The Morgan fingerprint density at radius 1 is 1.27 bits per heavy atom. The Morgan fingerprint density at radius 3 is 2.77 bits per heavy atom. The summed E-state index contributed by atoms with van der Waals surface area (Å²) in [6, 6.07) is 12.4. The highest BCUT2D eigenvalue weighted by atomic mass is 16.6. The highest BCUT2D eigenvalue weighted by Crippen LogP contribution is 2.38. The van der Waals surface area contributed by atoms with Crippen molar-refractivity contribution in [2.24, 2.45) is 10.2 Å². The number of nitro benzene ring substituents is 1. The first-order valence-electron chi connectivity index (χ1n) is 7.64. The summed E-state index contributed by atoms with van der Waals surface area (Å²) in [6.07, 6.45) is 1.63. The number of aromatic nitrogens is 1. The molecule has 8 heteroatoms. The van der Waals surface area contributed by atoms with Crippen LogP contribution in [0.25, 0.3) is 10.9 Å².